The van der Waals surface area contributed by atoms with Crippen molar-refractivity contribution < 1.29 is 23.8 Å². The van der Waals surface area contributed by atoms with Crippen molar-refractivity contribution in [2.45, 2.75) is 0 Å². The number of nitrogens with zero attached hydrogens (tertiary/aromatic N) is 1. The number of hydrogen-bond acceptors (Lipinski definition) is 4. The minimum atomic E-state index is -1.14. The van der Waals surface area contributed by atoms with Crippen LogP contribution in [0.2, 0.25) is 0 Å². The molecule has 0 saturated heterocycles. The molecule has 3 rings (SSSR count). The highest BCUT2D eigenvalue weighted by Crippen LogP contribution is 2.22. The fourth-order valence-electron chi connectivity index (χ4n) is 2.41. The lowest BCUT2D eigenvalue weighted by Gasteiger charge is -2.10. The predicted molar refractivity (Wildman–Crippen MR) is 97.2 cm³/mol. The van der Waals surface area contributed by atoms with Crippen LogP contribution in [-0.4, -0.2) is 28.6 Å². The molecule has 0 aliphatic carbocycles. The summed E-state index contributed by atoms with van der Waals surface area (Å²) in [5.74, 6) is -1.70. The lowest BCUT2D eigenvalue weighted by atomic mass is 10.1. The van der Waals surface area contributed by atoms with E-state index in [4.69, 9.17) is 9.84 Å². The second kappa shape index (κ2) is 8.09. The van der Waals surface area contributed by atoms with Crippen LogP contribution in [0, 0.1) is 5.82 Å². The van der Waals surface area contributed by atoms with Crippen LogP contribution in [0.3, 0.4) is 0 Å². The van der Waals surface area contributed by atoms with Crippen molar-refractivity contribution >= 4 is 17.6 Å². The summed E-state index contributed by atoms with van der Waals surface area (Å²) in [5, 5.41) is 11.6. The normalized spacial score (nSPS) is 10.3. The molecule has 0 spiro atoms. The molecular formula is C20H15FN2O4. The van der Waals surface area contributed by atoms with Crippen LogP contribution in [0.5, 0.6) is 5.75 Å². The number of anilines is 1. The quantitative estimate of drug-likeness (QED) is 0.696. The number of carboxylic acids is 1. The number of carbonyl (C=O) groups excluding carboxylic acids is 1. The Kier molecular flexibility index (Phi) is 5.41. The van der Waals surface area contributed by atoms with Gasteiger partial charge in [0.1, 0.15) is 11.6 Å². The maximum absolute atomic E-state index is 13.8. The van der Waals surface area contributed by atoms with E-state index >= 15 is 0 Å². The summed E-state index contributed by atoms with van der Waals surface area (Å²) in [6, 6.07) is 15.5. The lowest BCUT2D eigenvalue weighted by Crippen LogP contribution is -2.21. The molecule has 7 heteroatoms. The molecule has 0 fully saturated rings. The molecule has 0 bridgehead atoms. The smallest absolute Gasteiger partial charge is 0.337 e. The summed E-state index contributed by atoms with van der Waals surface area (Å²) in [4.78, 5) is 27.3. The average Bonchev–Trinajstić information content (AvgIpc) is 2.67. The standard InChI is InChI=1S/C20H15FN2O4/c21-16-7-3-1-5-14(16)17-10-9-13(11-22-17)27-12-19(24)23-18-8-4-2-6-15(18)20(25)26/h1-11H,12H2,(H,23,24)(H,25,26). The number of aromatic carboxylic acids is 1. The molecule has 1 heterocycles. The molecule has 1 aromatic heterocycles. The van der Waals surface area contributed by atoms with Gasteiger partial charge in [0.05, 0.1) is 23.1 Å². The van der Waals surface area contributed by atoms with E-state index in [2.05, 4.69) is 10.3 Å². The van der Waals surface area contributed by atoms with Gasteiger partial charge in [-0.1, -0.05) is 24.3 Å². The Balaban J connectivity index is 1.61. The van der Waals surface area contributed by atoms with Gasteiger partial charge in [-0.2, -0.15) is 0 Å². The van der Waals surface area contributed by atoms with Crippen molar-refractivity contribution in [3.05, 3.63) is 78.2 Å². The van der Waals surface area contributed by atoms with Gasteiger partial charge in [-0.3, -0.25) is 9.78 Å². The Bertz CT molecular complexity index is 974. The molecule has 0 radical (unpaired) electrons. The number of hydrogen-bond donors (Lipinski definition) is 2. The van der Waals surface area contributed by atoms with Gasteiger partial charge in [0.25, 0.3) is 5.91 Å². The number of amides is 1. The molecule has 2 aromatic carbocycles. The van der Waals surface area contributed by atoms with Gasteiger partial charge in [0.15, 0.2) is 6.61 Å². The summed E-state index contributed by atoms with van der Waals surface area (Å²) in [5.41, 5.74) is 0.987. The van der Waals surface area contributed by atoms with E-state index in [1.54, 1.807) is 42.5 Å². The third-order valence-electron chi connectivity index (χ3n) is 3.69. The maximum atomic E-state index is 13.8. The Hall–Kier alpha value is -3.74. The lowest BCUT2D eigenvalue weighted by molar-refractivity contribution is -0.118. The largest absolute Gasteiger partial charge is 0.482 e. The molecule has 0 saturated carbocycles. The minimum absolute atomic E-state index is 0.0123. The Morgan fingerprint density at radius 2 is 1.78 bits per heavy atom. The van der Waals surface area contributed by atoms with Gasteiger partial charge in [-0.05, 0) is 36.4 Å². The Morgan fingerprint density at radius 3 is 2.48 bits per heavy atom. The molecule has 27 heavy (non-hydrogen) atoms. The van der Waals surface area contributed by atoms with E-state index in [-0.39, 0.29) is 23.7 Å². The molecule has 1 amide bonds. The van der Waals surface area contributed by atoms with Crippen LogP contribution in [0.15, 0.2) is 66.9 Å². The van der Waals surface area contributed by atoms with Gasteiger partial charge in [-0.15, -0.1) is 0 Å². The molecule has 2 N–H and O–H groups in total. The fraction of sp³-hybridized carbons (Fsp3) is 0.0500. The molecule has 0 aliphatic heterocycles. The van der Waals surface area contributed by atoms with Crippen molar-refractivity contribution in [1.29, 1.82) is 0 Å². The van der Waals surface area contributed by atoms with Gasteiger partial charge in [0, 0.05) is 5.56 Å². The van der Waals surface area contributed by atoms with E-state index < -0.39 is 11.9 Å². The number of pyridine rings is 1. The first-order valence-electron chi connectivity index (χ1n) is 8.00. The van der Waals surface area contributed by atoms with E-state index in [1.807, 2.05) is 0 Å². The molecule has 3 aromatic rings. The third kappa shape index (κ3) is 4.46. The monoisotopic (exact) mass is 366 g/mol. The van der Waals surface area contributed by atoms with Crippen LogP contribution in [0.1, 0.15) is 10.4 Å². The van der Waals surface area contributed by atoms with Crippen molar-refractivity contribution in [3.63, 3.8) is 0 Å². The van der Waals surface area contributed by atoms with Crippen LogP contribution < -0.4 is 10.1 Å². The summed E-state index contributed by atoms with van der Waals surface area (Å²) in [6.07, 6.45) is 1.39. The van der Waals surface area contributed by atoms with Gasteiger partial charge >= 0.3 is 5.97 Å². The zero-order valence-electron chi connectivity index (χ0n) is 14.1. The maximum Gasteiger partial charge on any atom is 0.337 e. The van der Waals surface area contributed by atoms with Gasteiger partial charge in [0.2, 0.25) is 0 Å². The summed E-state index contributed by atoms with van der Waals surface area (Å²) in [6.45, 7) is -0.325. The third-order valence-corrected chi connectivity index (χ3v) is 3.69. The number of carboxylic acid groups (broad SMARTS) is 1. The SMILES string of the molecule is O=C(COc1ccc(-c2ccccc2F)nc1)Nc1ccccc1C(=O)O. The number of ether oxygens (including phenoxy) is 1. The topological polar surface area (TPSA) is 88.5 Å². The number of rotatable bonds is 6. The molecule has 0 aliphatic rings. The van der Waals surface area contributed by atoms with Crippen LogP contribution in [-0.2, 0) is 4.79 Å². The first-order chi connectivity index (χ1) is 13.0. The van der Waals surface area contributed by atoms with Crippen molar-refractivity contribution in [2.75, 3.05) is 11.9 Å². The highest BCUT2D eigenvalue weighted by molar-refractivity contribution is 6.00. The van der Waals surface area contributed by atoms with Crippen molar-refractivity contribution in [2.24, 2.45) is 0 Å². The molecule has 136 valence electrons. The number of para-hydroxylation sites is 1. The fourth-order valence-corrected chi connectivity index (χ4v) is 2.41. The first-order valence-corrected chi connectivity index (χ1v) is 8.00. The number of nitrogens with one attached hydrogen (secondary N) is 1. The van der Waals surface area contributed by atoms with E-state index in [1.165, 1.54) is 24.4 Å². The molecule has 0 atom stereocenters. The van der Waals surface area contributed by atoms with Crippen molar-refractivity contribution in [3.8, 4) is 17.0 Å². The van der Waals surface area contributed by atoms with Crippen LogP contribution in [0.4, 0.5) is 10.1 Å². The number of halogens is 1. The second-order valence-electron chi connectivity index (χ2n) is 5.55. The highest BCUT2D eigenvalue weighted by atomic mass is 19.1. The Morgan fingerprint density at radius 1 is 1.04 bits per heavy atom. The number of aromatic nitrogens is 1. The number of carbonyl (C=O) groups is 2. The second-order valence-corrected chi connectivity index (χ2v) is 5.55. The van der Waals surface area contributed by atoms with Gasteiger partial charge in [-0.25, -0.2) is 9.18 Å². The molecular weight excluding hydrogens is 351 g/mol. The van der Waals surface area contributed by atoms with E-state index in [9.17, 15) is 14.0 Å². The first kappa shape index (κ1) is 18.1. The van der Waals surface area contributed by atoms with Crippen LogP contribution >= 0.6 is 0 Å². The predicted octanol–water partition coefficient (Wildman–Crippen LogP) is 3.60. The van der Waals surface area contributed by atoms with Crippen LogP contribution in [0.25, 0.3) is 11.3 Å². The molecule has 0 unspecified atom stereocenters. The molecule has 6 nitrogen and oxygen atoms in total. The van der Waals surface area contributed by atoms with Crippen molar-refractivity contribution in [1.82, 2.24) is 4.98 Å². The van der Waals surface area contributed by atoms with Gasteiger partial charge < -0.3 is 15.2 Å². The summed E-state index contributed by atoms with van der Waals surface area (Å²) >= 11 is 0. The van der Waals surface area contributed by atoms with E-state index in [0.29, 0.717) is 17.0 Å². The zero-order valence-corrected chi connectivity index (χ0v) is 14.1. The zero-order chi connectivity index (χ0) is 19.2. The number of benzene rings is 2. The summed E-state index contributed by atoms with van der Waals surface area (Å²) in [7, 11) is 0. The highest BCUT2D eigenvalue weighted by Gasteiger charge is 2.12. The Labute approximate surface area is 154 Å². The van der Waals surface area contributed by atoms with E-state index in [0.717, 1.165) is 0 Å². The minimum Gasteiger partial charge on any atom is -0.482 e. The average molecular weight is 366 g/mol. The summed E-state index contributed by atoms with van der Waals surface area (Å²) < 4.78 is 19.1.